The number of anilines is 1. The molecular weight excluding hydrogens is 268 g/mol. The van der Waals surface area contributed by atoms with E-state index in [2.05, 4.69) is 34.6 Å². The number of rotatable bonds is 6. The van der Waals surface area contributed by atoms with Gasteiger partial charge >= 0.3 is 0 Å². The third-order valence-corrected chi connectivity index (χ3v) is 2.93. The molecule has 0 aliphatic heterocycles. The van der Waals surface area contributed by atoms with E-state index in [1.807, 2.05) is 18.2 Å². The van der Waals surface area contributed by atoms with E-state index in [9.17, 15) is 4.79 Å². The van der Waals surface area contributed by atoms with Crippen molar-refractivity contribution in [3.8, 4) is 0 Å². The predicted molar refractivity (Wildman–Crippen MR) is 80.0 cm³/mol. The molecule has 1 heterocycles. The molecule has 0 unspecified atom stereocenters. The first-order valence-corrected chi connectivity index (χ1v) is 6.96. The largest absolute Gasteiger partial charge is 0.375 e. The van der Waals surface area contributed by atoms with Gasteiger partial charge in [-0.15, -0.1) is 0 Å². The Balaban J connectivity index is 2.03. The highest BCUT2D eigenvalue weighted by Gasteiger charge is 2.11. The number of benzene rings is 1. The SMILES string of the molecule is CNC(=O)c1ccccc1NCc1nc(CC(C)C)no1. The fraction of sp³-hybridized carbons (Fsp3) is 0.400. The second-order valence-corrected chi connectivity index (χ2v) is 5.18. The summed E-state index contributed by atoms with van der Waals surface area (Å²) in [5.74, 6) is 1.57. The highest BCUT2D eigenvalue weighted by molar-refractivity contribution is 5.99. The van der Waals surface area contributed by atoms with Crippen molar-refractivity contribution in [1.29, 1.82) is 0 Å². The van der Waals surface area contributed by atoms with E-state index in [-0.39, 0.29) is 5.91 Å². The third kappa shape index (κ3) is 4.05. The van der Waals surface area contributed by atoms with Gasteiger partial charge in [0.05, 0.1) is 12.1 Å². The van der Waals surface area contributed by atoms with Gasteiger partial charge in [0.15, 0.2) is 5.82 Å². The molecule has 2 rings (SSSR count). The molecule has 112 valence electrons. The molecule has 2 aromatic rings. The van der Waals surface area contributed by atoms with E-state index in [1.165, 1.54) is 0 Å². The van der Waals surface area contributed by atoms with Crippen LogP contribution in [0.5, 0.6) is 0 Å². The molecule has 1 aromatic carbocycles. The van der Waals surface area contributed by atoms with Crippen LogP contribution in [0.3, 0.4) is 0 Å². The maximum Gasteiger partial charge on any atom is 0.253 e. The number of carbonyl (C=O) groups is 1. The smallest absolute Gasteiger partial charge is 0.253 e. The van der Waals surface area contributed by atoms with Gasteiger partial charge in [0.1, 0.15) is 0 Å². The van der Waals surface area contributed by atoms with Crippen LogP contribution in [0.4, 0.5) is 5.69 Å². The van der Waals surface area contributed by atoms with E-state index >= 15 is 0 Å². The maximum absolute atomic E-state index is 11.8. The molecule has 0 aliphatic carbocycles. The number of nitrogens with one attached hydrogen (secondary N) is 2. The zero-order valence-corrected chi connectivity index (χ0v) is 12.5. The minimum atomic E-state index is -0.135. The molecule has 0 aliphatic rings. The normalized spacial score (nSPS) is 10.7. The summed E-state index contributed by atoms with van der Waals surface area (Å²) in [6, 6.07) is 7.30. The fourth-order valence-corrected chi connectivity index (χ4v) is 1.95. The summed E-state index contributed by atoms with van der Waals surface area (Å²) in [4.78, 5) is 16.1. The molecule has 0 saturated heterocycles. The molecular formula is C15H20N4O2. The molecule has 1 aromatic heterocycles. The molecule has 0 atom stereocenters. The number of nitrogens with zero attached hydrogens (tertiary/aromatic N) is 2. The van der Waals surface area contributed by atoms with Gasteiger partial charge in [-0.2, -0.15) is 4.98 Å². The molecule has 0 saturated carbocycles. The Kier molecular flexibility index (Phi) is 4.92. The second kappa shape index (κ2) is 6.88. The highest BCUT2D eigenvalue weighted by atomic mass is 16.5. The minimum Gasteiger partial charge on any atom is -0.375 e. The predicted octanol–water partition coefficient (Wildman–Crippen LogP) is 2.24. The number of amides is 1. The average Bonchev–Trinajstić information content (AvgIpc) is 2.91. The summed E-state index contributed by atoms with van der Waals surface area (Å²) in [6.07, 6.45) is 0.790. The number of para-hydroxylation sites is 1. The first-order valence-electron chi connectivity index (χ1n) is 6.96. The van der Waals surface area contributed by atoms with Crippen molar-refractivity contribution in [3.05, 3.63) is 41.5 Å². The van der Waals surface area contributed by atoms with Crippen molar-refractivity contribution in [3.63, 3.8) is 0 Å². The van der Waals surface area contributed by atoms with Gasteiger partial charge in [0.2, 0.25) is 5.89 Å². The number of hydrogen-bond donors (Lipinski definition) is 2. The van der Waals surface area contributed by atoms with Gasteiger partial charge in [-0.3, -0.25) is 4.79 Å². The zero-order chi connectivity index (χ0) is 15.2. The summed E-state index contributed by atoms with van der Waals surface area (Å²) in [5, 5.41) is 9.71. The third-order valence-electron chi connectivity index (χ3n) is 2.93. The van der Waals surface area contributed by atoms with Gasteiger partial charge in [-0.25, -0.2) is 0 Å². The van der Waals surface area contributed by atoms with Crippen molar-refractivity contribution in [2.75, 3.05) is 12.4 Å². The lowest BCUT2D eigenvalue weighted by Gasteiger charge is -2.09. The standard InChI is InChI=1S/C15H20N4O2/c1-10(2)8-13-18-14(21-19-13)9-17-12-7-5-4-6-11(12)15(20)16-3/h4-7,10,17H,8-9H2,1-3H3,(H,16,20). The second-order valence-electron chi connectivity index (χ2n) is 5.18. The van der Waals surface area contributed by atoms with Crippen molar-refractivity contribution in [1.82, 2.24) is 15.5 Å². The van der Waals surface area contributed by atoms with Crippen LogP contribution in [-0.2, 0) is 13.0 Å². The lowest BCUT2D eigenvalue weighted by Crippen LogP contribution is -2.19. The van der Waals surface area contributed by atoms with Crippen molar-refractivity contribution in [2.45, 2.75) is 26.8 Å². The Bertz CT molecular complexity index is 607. The first-order chi connectivity index (χ1) is 10.1. The quantitative estimate of drug-likeness (QED) is 0.852. The van der Waals surface area contributed by atoms with Crippen LogP contribution < -0.4 is 10.6 Å². The van der Waals surface area contributed by atoms with Gasteiger partial charge in [-0.1, -0.05) is 31.1 Å². The van der Waals surface area contributed by atoms with Gasteiger partial charge < -0.3 is 15.2 Å². The van der Waals surface area contributed by atoms with Gasteiger partial charge in [0.25, 0.3) is 5.91 Å². The molecule has 1 amide bonds. The van der Waals surface area contributed by atoms with Crippen molar-refractivity contribution in [2.24, 2.45) is 5.92 Å². The number of hydrogen-bond acceptors (Lipinski definition) is 5. The van der Waals surface area contributed by atoms with E-state index in [1.54, 1.807) is 13.1 Å². The van der Waals surface area contributed by atoms with E-state index in [0.29, 0.717) is 29.7 Å². The highest BCUT2D eigenvalue weighted by Crippen LogP contribution is 2.16. The topological polar surface area (TPSA) is 80.0 Å². The fourth-order valence-electron chi connectivity index (χ4n) is 1.95. The van der Waals surface area contributed by atoms with E-state index in [4.69, 9.17) is 4.52 Å². The Labute approximate surface area is 123 Å². The number of carbonyl (C=O) groups excluding carboxylic acids is 1. The molecule has 21 heavy (non-hydrogen) atoms. The Morgan fingerprint density at radius 2 is 2.10 bits per heavy atom. The molecule has 0 bridgehead atoms. The van der Waals surface area contributed by atoms with Crippen molar-refractivity contribution >= 4 is 11.6 Å². The van der Waals surface area contributed by atoms with Crippen LogP contribution in [0.15, 0.2) is 28.8 Å². The van der Waals surface area contributed by atoms with Crippen LogP contribution in [0.25, 0.3) is 0 Å². The molecule has 2 N–H and O–H groups in total. The molecule has 0 radical (unpaired) electrons. The van der Waals surface area contributed by atoms with E-state index < -0.39 is 0 Å². The minimum absolute atomic E-state index is 0.135. The molecule has 6 nitrogen and oxygen atoms in total. The summed E-state index contributed by atoms with van der Waals surface area (Å²) >= 11 is 0. The lowest BCUT2D eigenvalue weighted by molar-refractivity contribution is 0.0964. The summed E-state index contributed by atoms with van der Waals surface area (Å²) in [7, 11) is 1.61. The average molecular weight is 288 g/mol. The zero-order valence-electron chi connectivity index (χ0n) is 12.5. The molecule has 0 fully saturated rings. The van der Waals surface area contributed by atoms with E-state index in [0.717, 1.165) is 12.1 Å². The van der Waals surface area contributed by atoms with Gasteiger partial charge in [0, 0.05) is 19.2 Å². The maximum atomic E-state index is 11.8. The van der Waals surface area contributed by atoms with Crippen LogP contribution in [0, 0.1) is 5.92 Å². The van der Waals surface area contributed by atoms with Gasteiger partial charge in [-0.05, 0) is 18.1 Å². The number of aromatic nitrogens is 2. The Morgan fingerprint density at radius 1 is 1.33 bits per heavy atom. The lowest BCUT2D eigenvalue weighted by atomic mass is 10.1. The Hall–Kier alpha value is -2.37. The van der Waals surface area contributed by atoms with Crippen LogP contribution in [-0.4, -0.2) is 23.1 Å². The van der Waals surface area contributed by atoms with Crippen LogP contribution in [0.2, 0.25) is 0 Å². The summed E-state index contributed by atoms with van der Waals surface area (Å²) < 4.78 is 5.19. The summed E-state index contributed by atoms with van der Waals surface area (Å²) in [6.45, 7) is 4.60. The molecule has 6 heteroatoms. The first kappa shape index (κ1) is 15.0. The summed E-state index contributed by atoms with van der Waals surface area (Å²) in [5.41, 5.74) is 1.32. The monoisotopic (exact) mass is 288 g/mol. The molecule has 0 spiro atoms. The van der Waals surface area contributed by atoms with Crippen LogP contribution >= 0.6 is 0 Å². The van der Waals surface area contributed by atoms with Crippen molar-refractivity contribution < 1.29 is 9.32 Å². The van der Waals surface area contributed by atoms with Crippen LogP contribution in [0.1, 0.15) is 35.9 Å². The Morgan fingerprint density at radius 3 is 2.81 bits per heavy atom.